The fourth-order valence-corrected chi connectivity index (χ4v) is 2.01. The van der Waals surface area contributed by atoms with Crippen molar-refractivity contribution in [3.8, 4) is 0 Å². The fourth-order valence-electron chi connectivity index (χ4n) is 1.13. The third-order valence-corrected chi connectivity index (χ3v) is 3.64. The van der Waals surface area contributed by atoms with Gasteiger partial charge in [0.1, 0.15) is 4.75 Å². The molecule has 0 spiro atoms. The Morgan fingerprint density at radius 1 is 1.47 bits per heavy atom. The lowest BCUT2D eigenvalue weighted by molar-refractivity contribution is -0.385. The van der Waals surface area contributed by atoms with Gasteiger partial charge in [0.15, 0.2) is 0 Å². The van der Waals surface area contributed by atoms with Crippen molar-refractivity contribution in [3.63, 3.8) is 0 Å². The summed E-state index contributed by atoms with van der Waals surface area (Å²) in [6.45, 7) is 3.16. The predicted octanol–water partition coefficient (Wildman–Crippen LogP) is 2.69. The Balaban J connectivity index is 2.83. The highest BCUT2D eigenvalue weighted by atomic mass is 32.2. The molecule has 0 unspecified atom stereocenters. The second-order valence-corrected chi connectivity index (χ2v) is 5.59. The third kappa shape index (κ3) is 3.45. The molecule has 0 heterocycles. The minimum atomic E-state index is -0.955. The molecule has 0 aromatic heterocycles. The van der Waals surface area contributed by atoms with Gasteiger partial charge in [0.2, 0.25) is 0 Å². The van der Waals surface area contributed by atoms with Crippen LogP contribution in [0.3, 0.4) is 0 Å². The van der Waals surface area contributed by atoms with E-state index in [1.807, 2.05) is 0 Å². The summed E-state index contributed by atoms with van der Waals surface area (Å²) in [7, 11) is 0. The topological polar surface area (TPSA) is 80.4 Å². The summed E-state index contributed by atoms with van der Waals surface area (Å²) in [5.74, 6) is -0.628. The highest BCUT2D eigenvalue weighted by Gasteiger charge is 2.28. The quantitative estimate of drug-likeness (QED) is 0.646. The molecule has 5 nitrogen and oxygen atoms in total. The van der Waals surface area contributed by atoms with Gasteiger partial charge in [-0.15, -0.1) is 11.8 Å². The van der Waals surface area contributed by atoms with Crippen LogP contribution in [-0.4, -0.2) is 20.7 Å². The summed E-state index contributed by atoms with van der Waals surface area (Å²) in [4.78, 5) is 21.2. The van der Waals surface area contributed by atoms with Gasteiger partial charge in [0.05, 0.1) is 4.92 Å². The SMILES string of the molecule is CC(C)(SCc1ccccc1[N+](=O)[O-])C(=O)O. The van der Waals surface area contributed by atoms with E-state index in [2.05, 4.69) is 0 Å². The van der Waals surface area contributed by atoms with Crippen molar-refractivity contribution >= 4 is 23.4 Å². The smallest absolute Gasteiger partial charge is 0.319 e. The molecule has 0 fully saturated rings. The van der Waals surface area contributed by atoms with E-state index in [1.165, 1.54) is 17.8 Å². The number of hydrogen-bond donors (Lipinski definition) is 1. The molecule has 1 aromatic carbocycles. The van der Waals surface area contributed by atoms with Crippen LogP contribution in [0.2, 0.25) is 0 Å². The molecule has 1 N–H and O–H groups in total. The van der Waals surface area contributed by atoms with Gasteiger partial charge in [0, 0.05) is 17.4 Å². The van der Waals surface area contributed by atoms with E-state index < -0.39 is 15.6 Å². The number of aliphatic carboxylic acids is 1. The maximum atomic E-state index is 10.9. The van der Waals surface area contributed by atoms with Crippen molar-refractivity contribution in [2.75, 3.05) is 0 Å². The fraction of sp³-hybridized carbons (Fsp3) is 0.364. The van der Waals surface area contributed by atoms with Crippen molar-refractivity contribution in [2.24, 2.45) is 0 Å². The first-order valence-electron chi connectivity index (χ1n) is 4.94. The van der Waals surface area contributed by atoms with Crippen LogP contribution >= 0.6 is 11.8 Å². The number of nitro benzene ring substituents is 1. The number of hydrogen-bond acceptors (Lipinski definition) is 4. The number of rotatable bonds is 5. The van der Waals surface area contributed by atoms with Gasteiger partial charge in [-0.3, -0.25) is 14.9 Å². The highest BCUT2D eigenvalue weighted by molar-refractivity contribution is 8.00. The maximum Gasteiger partial charge on any atom is 0.319 e. The van der Waals surface area contributed by atoms with Crippen LogP contribution in [0.1, 0.15) is 19.4 Å². The van der Waals surface area contributed by atoms with Gasteiger partial charge < -0.3 is 5.11 Å². The zero-order valence-corrected chi connectivity index (χ0v) is 10.4. The molecule has 0 amide bonds. The average Bonchev–Trinajstić information content (AvgIpc) is 2.26. The van der Waals surface area contributed by atoms with Gasteiger partial charge in [0.25, 0.3) is 5.69 Å². The molecule has 6 heteroatoms. The van der Waals surface area contributed by atoms with Crippen LogP contribution in [0.4, 0.5) is 5.69 Å². The van der Waals surface area contributed by atoms with Crippen LogP contribution in [0.25, 0.3) is 0 Å². The van der Waals surface area contributed by atoms with E-state index in [4.69, 9.17) is 5.11 Å². The largest absolute Gasteiger partial charge is 0.480 e. The van der Waals surface area contributed by atoms with Gasteiger partial charge >= 0.3 is 5.97 Å². The summed E-state index contributed by atoms with van der Waals surface area (Å²) < 4.78 is -0.955. The monoisotopic (exact) mass is 255 g/mol. The Morgan fingerprint density at radius 2 is 2.06 bits per heavy atom. The standard InChI is InChI=1S/C11H13NO4S/c1-11(2,10(13)14)17-7-8-5-3-4-6-9(8)12(15)16/h3-6H,7H2,1-2H3,(H,13,14). The molecular weight excluding hydrogens is 242 g/mol. The number of carboxylic acid groups (broad SMARTS) is 1. The highest BCUT2D eigenvalue weighted by Crippen LogP contribution is 2.31. The Morgan fingerprint density at radius 3 is 2.59 bits per heavy atom. The van der Waals surface area contributed by atoms with Crippen LogP contribution < -0.4 is 0 Å². The predicted molar refractivity (Wildman–Crippen MR) is 66.1 cm³/mol. The van der Waals surface area contributed by atoms with Crippen molar-refractivity contribution < 1.29 is 14.8 Å². The molecule has 0 atom stereocenters. The molecule has 92 valence electrons. The van der Waals surface area contributed by atoms with E-state index in [0.29, 0.717) is 11.3 Å². The molecule has 0 bridgehead atoms. The molecule has 0 aliphatic carbocycles. The average molecular weight is 255 g/mol. The lowest BCUT2D eigenvalue weighted by Gasteiger charge is -2.18. The van der Waals surface area contributed by atoms with E-state index in [0.717, 1.165) is 0 Å². The summed E-state index contributed by atoms with van der Waals surface area (Å²) in [5, 5.41) is 19.7. The van der Waals surface area contributed by atoms with Crippen LogP contribution in [0.5, 0.6) is 0 Å². The van der Waals surface area contributed by atoms with E-state index >= 15 is 0 Å². The van der Waals surface area contributed by atoms with Crippen molar-refractivity contribution in [2.45, 2.75) is 24.3 Å². The van der Waals surface area contributed by atoms with Crippen molar-refractivity contribution in [1.82, 2.24) is 0 Å². The van der Waals surface area contributed by atoms with E-state index in [9.17, 15) is 14.9 Å². The van der Waals surface area contributed by atoms with E-state index in [1.54, 1.807) is 32.0 Å². The second kappa shape index (κ2) is 5.18. The van der Waals surface area contributed by atoms with Gasteiger partial charge in [-0.05, 0) is 13.8 Å². The minimum Gasteiger partial charge on any atom is -0.480 e. The first-order chi connectivity index (χ1) is 7.84. The maximum absolute atomic E-state index is 10.9. The van der Waals surface area contributed by atoms with Gasteiger partial charge in [-0.1, -0.05) is 18.2 Å². The number of nitro groups is 1. The first kappa shape index (κ1) is 13.5. The first-order valence-corrected chi connectivity index (χ1v) is 5.93. The minimum absolute atomic E-state index is 0.0289. The summed E-state index contributed by atoms with van der Waals surface area (Å²) >= 11 is 1.17. The molecule has 0 saturated heterocycles. The zero-order valence-electron chi connectivity index (χ0n) is 9.54. The number of thioether (sulfide) groups is 1. The lowest BCUT2D eigenvalue weighted by Crippen LogP contribution is -2.27. The van der Waals surface area contributed by atoms with Crippen molar-refractivity contribution in [1.29, 1.82) is 0 Å². The Kier molecular flexibility index (Phi) is 4.11. The molecule has 0 radical (unpaired) electrons. The second-order valence-electron chi connectivity index (χ2n) is 3.99. The summed E-state index contributed by atoms with van der Waals surface area (Å²) in [6.07, 6.45) is 0. The van der Waals surface area contributed by atoms with Crippen LogP contribution in [0, 0.1) is 10.1 Å². The molecule has 1 aromatic rings. The van der Waals surface area contributed by atoms with Gasteiger partial charge in [-0.25, -0.2) is 0 Å². The molecular formula is C11H13NO4S. The van der Waals surface area contributed by atoms with Gasteiger partial charge in [-0.2, -0.15) is 0 Å². The Hall–Kier alpha value is -1.56. The molecule has 0 saturated carbocycles. The summed E-state index contributed by atoms with van der Waals surface area (Å²) in [6, 6.07) is 6.36. The zero-order chi connectivity index (χ0) is 13.1. The van der Waals surface area contributed by atoms with Crippen molar-refractivity contribution in [3.05, 3.63) is 39.9 Å². The molecule has 0 aliphatic rings. The molecule has 17 heavy (non-hydrogen) atoms. The van der Waals surface area contributed by atoms with Crippen LogP contribution in [0.15, 0.2) is 24.3 Å². The number of nitrogens with zero attached hydrogens (tertiary/aromatic N) is 1. The number of para-hydroxylation sites is 1. The number of carbonyl (C=O) groups is 1. The lowest BCUT2D eigenvalue weighted by atomic mass is 10.2. The Bertz CT molecular complexity index is 445. The summed E-state index contributed by atoms with van der Waals surface area (Å²) in [5.41, 5.74) is 0.568. The molecule has 1 rings (SSSR count). The molecule has 0 aliphatic heterocycles. The number of benzene rings is 1. The van der Waals surface area contributed by atoms with Crippen LogP contribution in [-0.2, 0) is 10.5 Å². The Labute approximate surface area is 103 Å². The normalized spacial score (nSPS) is 11.2. The number of carboxylic acids is 1. The third-order valence-electron chi connectivity index (χ3n) is 2.29. The van der Waals surface area contributed by atoms with E-state index in [-0.39, 0.29) is 5.69 Å².